The van der Waals surface area contributed by atoms with Gasteiger partial charge in [0.2, 0.25) is 0 Å². The third-order valence-corrected chi connectivity index (χ3v) is 3.18. The van der Waals surface area contributed by atoms with Crippen LogP contribution in [0.3, 0.4) is 0 Å². The second-order valence-electron chi connectivity index (χ2n) is 4.70. The van der Waals surface area contributed by atoms with Gasteiger partial charge in [0.25, 0.3) is 5.69 Å². The van der Waals surface area contributed by atoms with Crippen LogP contribution in [0.5, 0.6) is 0 Å². The molecule has 0 spiro atoms. The molecule has 2 aromatic rings. The van der Waals surface area contributed by atoms with E-state index in [9.17, 15) is 10.1 Å². The number of nitrogens with one attached hydrogen (secondary N) is 2. The minimum absolute atomic E-state index is 0.0677. The van der Waals surface area contributed by atoms with E-state index in [2.05, 4.69) is 10.6 Å². The molecule has 5 nitrogen and oxygen atoms in total. The minimum Gasteiger partial charge on any atom is -0.332 e. The van der Waals surface area contributed by atoms with Gasteiger partial charge in [0.1, 0.15) is 0 Å². The molecule has 0 unspecified atom stereocenters. The standard InChI is InChI=1S/C15H15N3O2S/c1-10-3-6-12(7-4-10)16-15(21)17-13-8-5-11(2)14(9-13)18(19)20/h3-9H,1-2H3,(H2,16,17,21). The Hall–Kier alpha value is -2.47. The third-order valence-electron chi connectivity index (χ3n) is 2.97. The van der Waals surface area contributed by atoms with Gasteiger partial charge in [-0.2, -0.15) is 0 Å². The van der Waals surface area contributed by atoms with Crippen molar-refractivity contribution in [1.82, 2.24) is 0 Å². The Morgan fingerprint density at radius 1 is 1.05 bits per heavy atom. The summed E-state index contributed by atoms with van der Waals surface area (Å²) < 4.78 is 0. The molecule has 2 N–H and O–H groups in total. The lowest BCUT2D eigenvalue weighted by molar-refractivity contribution is -0.385. The second kappa shape index (κ2) is 6.32. The fourth-order valence-corrected chi connectivity index (χ4v) is 2.05. The Morgan fingerprint density at radius 2 is 1.62 bits per heavy atom. The zero-order chi connectivity index (χ0) is 15.4. The lowest BCUT2D eigenvalue weighted by Crippen LogP contribution is -2.19. The van der Waals surface area contributed by atoms with E-state index in [1.54, 1.807) is 19.1 Å². The highest BCUT2D eigenvalue weighted by atomic mass is 32.1. The maximum absolute atomic E-state index is 10.9. The van der Waals surface area contributed by atoms with E-state index in [0.717, 1.165) is 11.3 Å². The van der Waals surface area contributed by atoms with Gasteiger partial charge >= 0.3 is 0 Å². The van der Waals surface area contributed by atoms with E-state index >= 15 is 0 Å². The van der Waals surface area contributed by atoms with Crippen molar-refractivity contribution in [1.29, 1.82) is 0 Å². The molecular weight excluding hydrogens is 286 g/mol. The summed E-state index contributed by atoms with van der Waals surface area (Å²) in [5.74, 6) is 0. The number of nitrogens with zero attached hydrogens (tertiary/aromatic N) is 1. The van der Waals surface area contributed by atoms with E-state index in [-0.39, 0.29) is 5.69 Å². The minimum atomic E-state index is -0.406. The quantitative estimate of drug-likeness (QED) is 0.509. The third kappa shape index (κ3) is 4.00. The normalized spacial score (nSPS) is 10.0. The summed E-state index contributed by atoms with van der Waals surface area (Å²) in [6, 6.07) is 12.7. The van der Waals surface area contributed by atoms with Crippen molar-refractivity contribution in [3.8, 4) is 0 Å². The van der Waals surface area contributed by atoms with Crippen LogP contribution in [0.15, 0.2) is 42.5 Å². The van der Waals surface area contributed by atoms with Crippen LogP contribution in [0.4, 0.5) is 17.1 Å². The molecule has 2 aromatic carbocycles. The molecule has 0 aromatic heterocycles. The van der Waals surface area contributed by atoms with Crippen molar-refractivity contribution in [2.75, 3.05) is 10.6 Å². The van der Waals surface area contributed by atoms with Gasteiger partial charge in [-0.05, 0) is 44.3 Å². The molecule has 0 heterocycles. The molecule has 0 bridgehead atoms. The molecule has 2 rings (SSSR count). The van der Waals surface area contributed by atoms with Crippen LogP contribution in [0.1, 0.15) is 11.1 Å². The van der Waals surface area contributed by atoms with Crippen molar-refractivity contribution in [3.63, 3.8) is 0 Å². The fourth-order valence-electron chi connectivity index (χ4n) is 1.81. The summed E-state index contributed by atoms with van der Waals surface area (Å²) in [7, 11) is 0. The maximum Gasteiger partial charge on any atom is 0.274 e. The molecule has 0 aliphatic carbocycles. The molecule has 108 valence electrons. The Kier molecular flexibility index (Phi) is 4.49. The van der Waals surface area contributed by atoms with Gasteiger partial charge in [0.05, 0.1) is 4.92 Å². The summed E-state index contributed by atoms with van der Waals surface area (Å²) in [5.41, 5.74) is 3.28. The molecule has 6 heteroatoms. The van der Waals surface area contributed by atoms with Gasteiger partial charge in [0.15, 0.2) is 5.11 Å². The highest BCUT2D eigenvalue weighted by Gasteiger charge is 2.11. The van der Waals surface area contributed by atoms with Crippen LogP contribution in [0.2, 0.25) is 0 Å². The maximum atomic E-state index is 10.9. The zero-order valence-corrected chi connectivity index (χ0v) is 12.5. The number of benzene rings is 2. The van der Waals surface area contributed by atoms with Gasteiger partial charge < -0.3 is 10.6 Å². The number of aryl methyl sites for hydroxylation is 2. The largest absolute Gasteiger partial charge is 0.332 e. The van der Waals surface area contributed by atoms with Gasteiger partial charge in [-0.15, -0.1) is 0 Å². The van der Waals surface area contributed by atoms with E-state index in [4.69, 9.17) is 12.2 Å². The highest BCUT2D eigenvalue weighted by Crippen LogP contribution is 2.22. The Morgan fingerprint density at radius 3 is 2.24 bits per heavy atom. The number of thiocarbonyl (C=S) groups is 1. The topological polar surface area (TPSA) is 67.2 Å². The SMILES string of the molecule is Cc1ccc(NC(=S)Nc2ccc(C)c([N+](=O)[O-])c2)cc1. The van der Waals surface area contributed by atoms with Crippen molar-refractivity contribution < 1.29 is 4.92 Å². The lowest BCUT2D eigenvalue weighted by Gasteiger charge is -2.11. The van der Waals surface area contributed by atoms with Crippen LogP contribution in [-0.4, -0.2) is 10.0 Å². The van der Waals surface area contributed by atoms with E-state index in [1.165, 1.54) is 6.07 Å². The predicted octanol–water partition coefficient (Wildman–Crippen LogP) is 4.02. The van der Waals surface area contributed by atoms with Crippen molar-refractivity contribution in [2.45, 2.75) is 13.8 Å². The smallest absolute Gasteiger partial charge is 0.274 e. The van der Waals surface area contributed by atoms with Gasteiger partial charge in [0, 0.05) is 23.0 Å². The van der Waals surface area contributed by atoms with Crippen LogP contribution >= 0.6 is 12.2 Å². The monoisotopic (exact) mass is 301 g/mol. The number of nitro groups is 1. The first-order valence-corrected chi connectivity index (χ1v) is 6.76. The number of hydrogen-bond acceptors (Lipinski definition) is 3. The summed E-state index contributed by atoms with van der Waals surface area (Å²) in [6.07, 6.45) is 0. The first-order valence-electron chi connectivity index (χ1n) is 6.35. The molecule has 0 aliphatic heterocycles. The summed E-state index contributed by atoms with van der Waals surface area (Å²) >= 11 is 5.20. The van der Waals surface area contributed by atoms with E-state index < -0.39 is 4.92 Å². The Labute approximate surface area is 128 Å². The summed E-state index contributed by atoms with van der Waals surface area (Å²) in [4.78, 5) is 10.5. The van der Waals surface area contributed by atoms with Crippen LogP contribution in [0, 0.1) is 24.0 Å². The Bertz CT molecular complexity index is 684. The molecule has 0 radical (unpaired) electrons. The molecule has 0 atom stereocenters. The number of hydrogen-bond donors (Lipinski definition) is 2. The molecule has 0 saturated carbocycles. The first kappa shape index (κ1) is 14.9. The van der Waals surface area contributed by atoms with Crippen molar-refractivity contribution in [2.24, 2.45) is 0 Å². The lowest BCUT2D eigenvalue weighted by atomic mass is 10.2. The average Bonchev–Trinajstić information content (AvgIpc) is 2.43. The van der Waals surface area contributed by atoms with Crippen LogP contribution in [0.25, 0.3) is 0 Å². The van der Waals surface area contributed by atoms with Crippen molar-refractivity contribution in [3.05, 3.63) is 63.7 Å². The van der Waals surface area contributed by atoms with E-state index in [1.807, 2.05) is 31.2 Å². The van der Waals surface area contributed by atoms with Gasteiger partial charge in [-0.25, -0.2) is 0 Å². The Balaban J connectivity index is 2.07. The highest BCUT2D eigenvalue weighted by molar-refractivity contribution is 7.80. The fraction of sp³-hybridized carbons (Fsp3) is 0.133. The molecule has 0 saturated heterocycles. The number of anilines is 2. The summed E-state index contributed by atoms with van der Waals surface area (Å²) in [5, 5.41) is 17.3. The van der Waals surface area contributed by atoms with Crippen LogP contribution in [-0.2, 0) is 0 Å². The van der Waals surface area contributed by atoms with Gasteiger partial charge in [-0.3, -0.25) is 10.1 Å². The molecule has 21 heavy (non-hydrogen) atoms. The van der Waals surface area contributed by atoms with Crippen molar-refractivity contribution >= 4 is 34.4 Å². The molecule has 0 fully saturated rings. The zero-order valence-electron chi connectivity index (χ0n) is 11.7. The van der Waals surface area contributed by atoms with Gasteiger partial charge in [-0.1, -0.05) is 23.8 Å². The summed E-state index contributed by atoms with van der Waals surface area (Å²) in [6.45, 7) is 3.70. The van der Waals surface area contributed by atoms with E-state index in [0.29, 0.717) is 16.4 Å². The predicted molar refractivity (Wildman–Crippen MR) is 88.9 cm³/mol. The number of nitro benzene ring substituents is 1. The second-order valence-corrected chi connectivity index (χ2v) is 5.11. The molecular formula is C15H15N3O2S. The molecule has 0 amide bonds. The van der Waals surface area contributed by atoms with Crippen LogP contribution < -0.4 is 10.6 Å². The first-order chi connectivity index (χ1) is 9.95. The average molecular weight is 301 g/mol. The number of rotatable bonds is 3. The molecule has 0 aliphatic rings.